The number of fused-ring (bicyclic) bond motifs is 2. The van der Waals surface area contributed by atoms with Gasteiger partial charge in [0.25, 0.3) is 0 Å². The Bertz CT molecular complexity index is 1880. The molecule has 1 heteroatoms. The summed E-state index contributed by atoms with van der Waals surface area (Å²) in [5.74, 6) is 0. The van der Waals surface area contributed by atoms with E-state index in [1.807, 2.05) is 0 Å². The zero-order valence-corrected chi connectivity index (χ0v) is 25.2. The molecule has 41 heavy (non-hydrogen) atoms. The molecule has 1 heterocycles. The molecule has 0 aliphatic carbocycles. The topological polar surface area (TPSA) is 0 Å². The number of aryl methyl sites for hydroxylation is 2. The summed E-state index contributed by atoms with van der Waals surface area (Å²) in [4.78, 5) is 0. The molecule has 0 atom stereocenters. The summed E-state index contributed by atoms with van der Waals surface area (Å²) in [6, 6.07) is 49.7. The van der Waals surface area contributed by atoms with Gasteiger partial charge >= 0.3 is 0 Å². The van der Waals surface area contributed by atoms with E-state index in [9.17, 15) is 0 Å². The quantitative estimate of drug-likeness (QED) is 0.194. The van der Waals surface area contributed by atoms with Gasteiger partial charge in [0.15, 0.2) is 0 Å². The molecule has 198 valence electrons. The summed E-state index contributed by atoms with van der Waals surface area (Å²) in [6.45, 7) is 9.56. The molecule has 0 radical (unpaired) electrons. The van der Waals surface area contributed by atoms with Crippen LogP contribution in [0.2, 0.25) is 13.1 Å². The molecule has 0 saturated carbocycles. The number of allylic oxidation sites excluding steroid dienone is 2. The Balaban J connectivity index is 1.68. The SMILES string of the molecule is Cc1cccc(C2=C(c3cccc4ccccc34)[Si](C)(C)C(c3cccc4ccccc34)=C2c2cccc(C)c2)c1. The normalized spacial score (nSPS) is 14.8. The van der Waals surface area contributed by atoms with Crippen molar-refractivity contribution in [3.8, 4) is 0 Å². The van der Waals surface area contributed by atoms with Gasteiger partial charge in [-0.05, 0) is 79.2 Å². The molecule has 0 saturated heterocycles. The molecular formula is C40H34Si. The molecule has 7 rings (SSSR count). The van der Waals surface area contributed by atoms with E-state index in [2.05, 4.69) is 160 Å². The van der Waals surface area contributed by atoms with Crippen molar-refractivity contribution in [3.05, 3.63) is 167 Å². The van der Waals surface area contributed by atoms with Crippen LogP contribution in [0.1, 0.15) is 33.4 Å². The third-order valence-electron chi connectivity index (χ3n) is 8.73. The van der Waals surface area contributed by atoms with E-state index < -0.39 is 8.07 Å². The summed E-state index contributed by atoms with van der Waals surface area (Å²) in [6.07, 6.45) is 0. The highest BCUT2D eigenvalue weighted by atomic mass is 28.3. The van der Waals surface area contributed by atoms with Crippen LogP contribution < -0.4 is 0 Å². The first-order valence-electron chi connectivity index (χ1n) is 14.5. The fourth-order valence-electron chi connectivity index (χ4n) is 7.01. The van der Waals surface area contributed by atoms with Crippen LogP contribution in [0.25, 0.3) is 43.1 Å². The maximum atomic E-state index is 2.57. The molecule has 0 fully saturated rings. The van der Waals surface area contributed by atoms with Crippen LogP contribution in [0.3, 0.4) is 0 Å². The minimum Gasteiger partial charge on any atom is -0.0616 e. The molecule has 0 nitrogen and oxygen atoms in total. The van der Waals surface area contributed by atoms with E-state index in [0.717, 1.165) is 0 Å². The second kappa shape index (κ2) is 9.87. The highest BCUT2D eigenvalue weighted by Gasteiger charge is 2.44. The lowest BCUT2D eigenvalue weighted by molar-refractivity contribution is 1.44. The number of hydrogen-bond donors (Lipinski definition) is 0. The average molecular weight is 543 g/mol. The molecule has 0 amide bonds. The van der Waals surface area contributed by atoms with Crippen LogP contribution in [-0.2, 0) is 0 Å². The average Bonchev–Trinajstić information content (AvgIpc) is 3.23. The predicted octanol–water partition coefficient (Wildman–Crippen LogP) is 10.9. The smallest absolute Gasteiger partial charge is 0.0616 e. The highest BCUT2D eigenvalue weighted by molar-refractivity contribution is 7.13. The zero-order valence-electron chi connectivity index (χ0n) is 24.2. The van der Waals surface area contributed by atoms with Crippen molar-refractivity contribution >= 4 is 51.2 Å². The van der Waals surface area contributed by atoms with Crippen molar-refractivity contribution in [3.63, 3.8) is 0 Å². The molecular weight excluding hydrogens is 509 g/mol. The van der Waals surface area contributed by atoms with E-state index in [4.69, 9.17) is 0 Å². The van der Waals surface area contributed by atoms with Gasteiger partial charge in [0, 0.05) is 0 Å². The largest absolute Gasteiger partial charge is 0.115 e. The molecule has 6 aromatic carbocycles. The van der Waals surface area contributed by atoms with Crippen LogP contribution in [0.4, 0.5) is 0 Å². The van der Waals surface area contributed by atoms with Crippen molar-refractivity contribution < 1.29 is 0 Å². The number of rotatable bonds is 4. The van der Waals surface area contributed by atoms with Gasteiger partial charge in [0.05, 0.1) is 0 Å². The predicted molar refractivity (Wildman–Crippen MR) is 181 cm³/mol. The third-order valence-corrected chi connectivity index (χ3v) is 12.3. The van der Waals surface area contributed by atoms with Crippen LogP contribution in [0.5, 0.6) is 0 Å². The first-order chi connectivity index (χ1) is 19.9. The number of benzene rings is 6. The summed E-state index contributed by atoms with van der Waals surface area (Å²) in [5, 5.41) is 8.30. The fourth-order valence-corrected chi connectivity index (χ4v) is 10.8. The number of hydrogen-bond acceptors (Lipinski definition) is 0. The van der Waals surface area contributed by atoms with Gasteiger partial charge in [0.1, 0.15) is 8.07 Å². The van der Waals surface area contributed by atoms with Crippen LogP contribution in [-0.4, -0.2) is 8.07 Å². The van der Waals surface area contributed by atoms with Gasteiger partial charge < -0.3 is 0 Å². The lowest BCUT2D eigenvalue weighted by Gasteiger charge is -2.28. The van der Waals surface area contributed by atoms with Gasteiger partial charge in [-0.1, -0.05) is 158 Å². The molecule has 1 aliphatic rings. The maximum absolute atomic E-state index is 2.57. The molecule has 0 N–H and O–H groups in total. The van der Waals surface area contributed by atoms with Gasteiger partial charge in [-0.3, -0.25) is 0 Å². The van der Waals surface area contributed by atoms with Crippen LogP contribution >= 0.6 is 0 Å². The first-order valence-corrected chi connectivity index (χ1v) is 17.5. The molecule has 0 unspecified atom stereocenters. The summed E-state index contributed by atoms with van der Waals surface area (Å²) in [5.41, 5.74) is 10.7. The minimum absolute atomic E-state index is 1.29. The van der Waals surface area contributed by atoms with Crippen molar-refractivity contribution in [2.75, 3.05) is 0 Å². The second-order valence-corrected chi connectivity index (χ2v) is 16.2. The molecule has 0 spiro atoms. The lowest BCUT2D eigenvalue weighted by Crippen LogP contribution is -2.28. The standard InChI is InChI=1S/C40H34Si/c1-27-13-9-19-31(25-27)37-38(32-20-10-14-28(2)26-32)40(36-24-12-18-30-16-6-8-22-34(30)36)41(3,4)39(37)35-23-11-17-29-15-5-7-21-33(29)35/h5-26H,1-4H3. The molecule has 1 aliphatic heterocycles. The van der Waals surface area contributed by atoms with Gasteiger partial charge in [-0.15, -0.1) is 0 Å². The van der Waals surface area contributed by atoms with Crippen molar-refractivity contribution in [1.29, 1.82) is 0 Å². The summed E-state index contributed by atoms with van der Waals surface area (Å²) < 4.78 is 0. The Morgan fingerprint density at radius 3 is 1.24 bits per heavy atom. The fraction of sp³-hybridized carbons (Fsp3) is 0.100. The summed E-state index contributed by atoms with van der Waals surface area (Å²) >= 11 is 0. The highest BCUT2D eigenvalue weighted by Crippen LogP contribution is 2.57. The van der Waals surface area contributed by atoms with Crippen LogP contribution in [0.15, 0.2) is 133 Å². The molecule has 6 aromatic rings. The van der Waals surface area contributed by atoms with E-state index in [1.165, 1.54) is 76.5 Å². The summed E-state index contributed by atoms with van der Waals surface area (Å²) in [7, 11) is -2.28. The minimum atomic E-state index is -2.28. The van der Waals surface area contributed by atoms with Gasteiger partial charge in [-0.2, -0.15) is 0 Å². The Labute approximate surface area is 244 Å². The third kappa shape index (κ3) is 4.20. The van der Waals surface area contributed by atoms with Crippen molar-refractivity contribution in [1.82, 2.24) is 0 Å². The Morgan fingerprint density at radius 2 is 0.805 bits per heavy atom. The van der Waals surface area contributed by atoms with Gasteiger partial charge in [0.2, 0.25) is 0 Å². The monoisotopic (exact) mass is 542 g/mol. The Morgan fingerprint density at radius 1 is 0.415 bits per heavy atom. The molecule has 0 aromatic heterocycles. The second-order valence-electron chi connectivity index (χ2n) is 11.9. The van der Waals surface area contributed by atoms with Crippen LogP contribution in [0, 0.1) is 13.8 Å². The van der Waals surface area contributed by atoms with E-state index in [1.54, 1.807) is 0 Å². The first kappa shape index (κ1) is 25.5. The lowest BCUT2D eigenvalue weighted by atomic mass is 9.87. The van der Waals surface area contributed by atoms with E-state index in [0.29, 0.717) is 0 Å². The van der Waals surface area contributed by atoms with E-state index in [-0.39, 0.29) is 0 Å². The van der Waals surface area contributed by atoms with Gasteiger partial charge in [-0.25, -0.2) is 0 Å². The molecule has 0 bridgehead atoms. The van der Waals surface area contributed by atoms with Crippen molar-refractivity contribution in [2.24, 2.45) is 0 Å². The Hall–Kier alpha value is -4.46. The van der Waals surface area contributed by atoms with Crippen molar-refractivity contribution in [2.45, 2.75) is 26.9 Å². The maximum Gasteiger partial charge on any atom is 0.115 e. The van der Waals surface area contributed by atoms with E-state index >= 15 is 0 Å². The zero-order chi connectivity index (χ0) is 28.1. The Kier molecular flexibility index (Phi) is 6.14.